The van der Waals surface area contributed by atoms with Crippen LogP contribution in [-0.2, 0) is 0 Å². The fourth-order valence-electron chi connectivity index (χ4n) is 2.82. The quantitative estimate of drug-likeness (QED) is 0.682. The third-order valence-corrected chi connectivity index (χ3v) is 3.42. The van der Waals surface area contributed by atoms with Crippen LogP contribution in [0.15, 0.2) is 18.2 Å². The maximum absolute atomic E-state index is 11.5. The Kier molecular flexibility index (Phi) is 4.67. The summed E-state index contributed by atoms with van der Waals surface area (Å²) in [4.78, 5) is 13.2. The van der Waals surface area contributed by atoms with Crippen molar-refractivity contribution in [1.82, 2.24) is 5.32 Å². The molecule has 1 aromatic rings. The summed E-state index contributed by atoms with van der Waals surface area (Å²) in [6.45, 7) is 9.40. The zero-order valence-corrected chi connectivity index (χ0v) is 13.0. The van der Waals surface area contributed by atoms with Crippen LogP contribution in [0.1, 0.15) is 27.7 Å². The van der Waals surface area contributed by atoms with Crippen LogP contribution in [0.25, 0.3) is 0 Å². The van der Waals surface area contributed by atoms with Gasteiger partial charge in [0.05, 0.1) is 11.0 Å². The van der Waals surface area contributed by atoms with E-state index >= 15 is 0 Å². The monoisotopic (exact) mass is 293 g/mol. The van der Waals surface area contributed by atoms with Crippen molar-refractivity contribution in [2.24, 2.45) is 0 Å². The van der Waals surface area contributed by atoms with Crippen molar-refractivity contribution >= 4 is 11.4 Å². The fraction of sp³-hybridized carbons (Fsp3) is 0.600. The number of rotatable bonds is 4. The number of hydrogen-bond donors (Lipinski definition) is 1. The smallest absolute Gasteiger partial charge is 0.333 e. The molecule has 1 N–H and O–H groups in total. The van der Waals surface area contributed by atoms with Gasteiger partial charge in [0.2, 0.25) is 0 Å². The zero-order chi connectivity index (χ0) is 15.6. The number of nitro groups is 1. The van der Waals surface area contributed by atoms with E-state index in [1.54, 1.807) is 12.1 Å². The summed E-state index contributed by atoms with van der Waals surface area (Å²) in [5.74, 6) is 0.339. The summed E-state index contributed by atoms with van der Waals surface area (Å²) in [5, 5.41) is 14.9. The molecule has 1 aliphatic rings. The molecule has 2 rings (SSSR count). The maximum Gasteiger partial charge on any atom is 0.333 e. The molecular weight excluding hydrogens is 270 g/mol. The Balaban J connectivity index is 2.40. The number of nitrogens with one attached hydrogen (secondary N) is 1. The first-order chi connectivity index (χ1) is 9.88. The van der Waals surface area contributed by atoms with Gasteiger partial charge in [-0.2, -0.15) is 0 Å². The molecule has 0 spiro atoms. The minimum atomic E-state index is -0.343. The van der Waals surface area contributed by atoms with Gasteiger partial charge in [-0.25, -0.2) is 0 Å². The number of nitrogens with zero attached hydrogens (tertiary/aromatic N) is 2. The predicted octanol–water partition coefficient (Wildman–Crippen LogP) is 2.57. The molecule has 0 aromatic heterocycles. The van der Waals surface area contributed by atoms with Crippen molar-refractivity contribution in [1.29, 1.82) is 0 Å². The molecule has 6 heteroatoms. The maximum atomic E-state index is 11.5. The second-order valence-corrected chi connectivity index (χ2v) is 5.92. The van der Waals surface area contributed by atoms with E-state index in [2.05, 4.69) is 24.1 Å². The Hall–Kier alpha value is -1.82. The minimum absolute atomic E-state index is 0.0625. The van der Waals surface area contributed by atoms with Gasteiger partial charge >= 0.3 is 5.69 Å². The molecule has 0 amide bonds. The molecule has 2 atom stereocenters. The Morgan fingerprint density at radius 2 is 1.95 bits per heavy atom. The number of para-hydroxylation sites is 1. The minimum Gasteiger partial charge on any atom is -0.484 e. The topological polar surface area (TPSA) is 67.6 Å². The van der Waals surface area contributed by atoms with Gasteiger partial charge in [-0.15, -0.1) is 0 Å². The van der Waals surface area contributed by atoms with Crippen molar-refractivity contribution < 1.29 is 9.66 Å². The van der Waals surface area contributed by atoms with Crippen LogP contribution in [-0.4, -0.2) is 36.2 Å². The SMILES string of the molecule is CC1CN(c2cccc(OC(C)C)c2[N+](=O)[O-])CC(C)N1. The number of nitro benzene ring substituents is 1. The zero-order valence-electron chi connectivity index (χ0n) is 13.0. The van der Waals surface area contributed by atoms with E-state index in [0.717, 1.165) is 13.1 Å². The standard InChI is InChI=1S/C15H23N3O3/c1-10(2)21-14-7-5-6-13(15(14)18(19)20)17-8-11(3)16-12(4)9-17/h5-7,10-12,16H,8-9H2,1-4H3. The normalized spacial score (nSPS) is 22.4. The van der Waals surface area contributed by atoms with Crippen molar-refractivity contribution in [3.05, 3.63) is 28.3 Å². The largest absolute Gasteiger partial charge is 0.484 e. The van der Waals surface area contributed by atoms with Gasteiger partial charge in [-0.1, -0.05) is 6.07 Å². The number of anilines is 1. The lowest BCUT2D eigenvalue weighted by molar-refractivity contribution is -0.385. The summed E-state index contributed by atoms with van der Waals surface area (Å²) in [6.07, 6.45) is -0.0974. The molecular formula is C15H23N3O3. The highest BCUT2D eigenvalue weighted by atomic mass is 16.6. The van der Waals surface area contributed by atoms with Crippen molar-refractivity contribution in [3.8, 4) is 5.75 Å². The van der Waals surface area contributed by atoms with Crippen LogP contribution in [0, 0.1) is 10.1 Å². The predicted molar refractivity (Wildman–Crippen MR) is 83.1 cm³/mol. The van der Waals surface area contributed by atoms with Crippen LogP contribution in [0.3, 0.4) is 0 Å². The number of hydrogen-bond acceptors (Lipinski definition) is 5. The molecule has 1 saturated heterocycles. The Bertz CT molecular complexity index is 509. The van der Waals surface area contributed by atoms with Gasteiger partial charge < -0.3 is 15.0 Å². The molecule has 6 nitrogen and oxygen atoms in total. The molecule has 1 fully saturated rings. The summed E-state index contributed by atoms with van der Waals surface area (Å²) in [5.41, 5.74) is 0.700. The Morgan fingerprint density at radius 1 is 1.33 bits per heavy atom. The van der Waals surface area contributed by atoms with Crippen LogP contribution in [0.5, 0.6) is 5.75 Å². The van der Waals surface area contributed by atoms with E-state index < -0.39 is 0 Å². The van der Waals surface area contributed by atoms with Gasteiger partial charge in [0.25, 0.3) is 0 Å². The molecule has 0 saturated carbocycles. The second-order valence-electron chi connectivity index (χ2n) is 5.92. The average Bonchev–Trinajstić information content (AvgIpc) is 2.36. The Morgan fingerprint density at radius 3 is 2.48 bits per heavy atom. The van der Waals surface area contributed by atoms with E-state index in [1.165, 1.54) is 0 Å². The number of benzene rings is 1. The second kappa shape index (κ2) is 6.30. The first kappa shape index (κ1) is 15.6. The third kappa shape index (κ3) is 3.64. The molecule has 21 heavy (non-hydrogen) atoms. The number of ether oxygens (including phenoxy) is 1. The first-order valence-corrected chi connectivity index (χ1v) is 7.33. The molecule has 1 aliphatic heterocycles. The van der Waals surface area contributed by atoms with Gasteiger partial charge in [-0.05, 0) is 39.8 Å². The third-order valence-electron chi connectivity index (χ3n) is 3.42. The van der Waals surface area contributed by atoms with Gasteiger partial charge in [0.1, 0.15) is 5.69 Å². The van der Waals surface area contributed by atoms with Gasteiger partial charge in [0.15, 0.2) is 5.75 Å². The van der Waals surface area contributed by atoms with Crippen molar-refractivity contribution in [2.45, 2.75) is 45.9 Å². The Labute approximate surface area is 125 Å². The highest BCUT2D eigenvalue weighted by molar-refractivity contribution is 5.70. The molecule has 2 unspecified atom stereocenters. The van der Waals surface area contributed by atoms with E-state index in [9.17, 15) is 10.1 Å². The lowest BCUT2D eigenvalue weighted by Crippen LogP contribution is -2.54. The molecule has 0 radical (unpaired) electrons. The number of piperazine rings is 1. The van der Waals surface area contributed by atoms with E-state index in [-0.39, 0.29) is 16.7 Å². The lowest BCUT2D eigenvalue weighted by Gasteiger charge is -2.37. The highest BCUT2D eigenvalue weighted by Gasteiger charge is 2.29. The van der Waals surface area contributed by atoms with Crippen LogP contribution >= 0.6 is 0 Å². The fourth-order valence-corrected chi connectivity index (χ4v) is 2.82. The summed E-state index contributed by atoms with van der Waals surface area (Å²) in [7, 11) is 0. The summed E-state index contributed by atoms with van der Waals surface area (Å²) < 4.78 is 5.61. The van der Waals surface area contributed by atoms with E-state index in [1.807, 2.05) is 19.9 Å². The molecule has 1 heterocycles. The lowest BCUT2D eigenvalue weighted by atomic mass is 10.1. The molecule has 116 valence electrons. The van der Waals surface area contributed by atoms with Crippen LogP contribution in [0.4, 0.5) is 11.4 Å². The molecule has 0 aliphatic carbocycles. The van der Waals surface area contributed by atoms with E-state index in [4.69, 9.17) is 4.74 Å². The average molecular weight is 293 g/mol. The van der Waals surface area contributed by atoms with Crippen LogP contribution in [0.2, 0.25) is 0 Å². The van der Waals surface area contributed by atoms with Crippen LogP contribution < -0.4 is 15.0 Å². The highest BCUT2D eigenvalue weighted by Crippen LogP contribution is 2.38. The first-order valence-electron chi connectivity index (χ1n) is 7.33. The summed E-state index contributed by atoms with van der Waals surface area (Å²) in [6, 6.07) is 5.87. The molecule has 1 aromatic carbocycles. The summed E-state index contributed by atoms with van der Waals surface area (Å²) >= 11 is 0. The van der Waals surface area contributed by atoms with Crippen molar-refractivity contribution in [2.75, 3.05) is 18.0 Å². The van der Waals surface area contributed by atoms with Gasteiger partial charge in [-0.3, -0.25) is 10.1 Å². The van der Waals surface area contributed by atoms with E-state index in [0.29, 0.717) is 23.5 Å². The molecule has 0 bridgehead atoms. The van der Waals surface area contributed by atoms with Crippen molar-refractivity contribution in [3.63, 3.8) is 0 Å². The van der Waals surface area contributed by atoms with Gasteiger partial charge in [0, 0.05) is 25.2 Å².